The maximum absolute atomic E-state index is 5.78. The van der Waals surface area contributed by atoms with Crippen molar-refractivity contribution >= 4 is 0 Å². The molecule has 2 aliphatic heterocycles. The van der Waals surface area contributed by atoms with Crippen molar-refractivity contribution in [2.24, 2.45) is 0 Å². The highest BCUT2D eigenvalue weighted by Gasteiger charge is 2.39. The van der Waals surface area contributed by atoms with E-state index < -0.39 is 0 Å². The van der Waals surface area contributed by atoms with Crippen molar-refractivity contribution in [1.29, 1.82) is 0 Å². The van der Waals surface area contributed by atoms with E-state index in [-0.39, 0.29) is 0 Å². The second kappa shape index (κ2) is 6.95. The average Bonchev–Trinajstić information content (AvgIpc) is 2.60. The summed E-state index contributed by atoms with van der Waals surface area (Å²) in [4.78, 5) is 3.30. The van der Waals surface area contributed by atoms with Crippen LogP contribution in [0.1, 0.15) is 17.2 Å². The van der Waals surface area contributed by atoms with Crippen molar-refractivity contribution in [1.82, 2.24) is 0 Å². The second-order valence-corrected chi connectivity index (χ2v) is 6.61. The predicted molar refractivity (Wildman–Crippen MR) is 86.7 cm³/mol. The zero-order valence-corrected chi connectivity index (χ0v) is 14.7. The van der Waals surface area contributed by atoms with E-state index in [4.69, 9.17) is 14.2 Å². The first kappa shape index (κ1) is 16.4. The lowest BCUT2D eigenvalue weighted by Gasteiger charge is -2.36. The summed E-state index contributed by atoms with van der Waals surface area (Å²) in [6.07, 6.45) is 0. The van der Waals surface area contributed by atoms with Gasteiger partial charge in [0.1, 0.15) is 39.3 Å². The zero-order chi connectivity index (χ0) is 16.4. The number of hydrogen-bond acceptors (Lipinski definition) is 3. The minimum absolute atomic E-state index is 0.460. The number of quaternary nitrogens is 3. The predicted octanol–water partition coefficient (Wildman–Crippen LogP) is -2.76. The van der Waals surface area contributed by atoms with Crippen LogP contribution in [0.4, 0.5) is 0 Å². The van der Waals surface area contributed by atoms with Gasteiger partial charge in [0.15, 0.2) is 17.5 Å². The summed E-state index contributed by atoms with van der Waals surface area (Å²) < 4.78 is 16.9. The van der Waals surface area contributed by atoms with E-state index in [0.29, 0.717) is 6.04 Å². The molecule has 0 aromatic heterocycles. The Balaban J connectivity index is 2.02. The van der Waals surface area contributed by atoms with Crippen LogP contribution in [0, 0.1) is 0 Å². The molecule has 0 spiro atoms. The molecular formula is C17H30N3O3+3. The van der Waals surface area contributed by atoms with Gasteiger partial charge in [-0.25, -0.2) is 0 Å². The van der Waals surface area contributed by atoms with Gasteiger partial charge in [-0.2, -0.15) is 0 Å². The number of fused-ring (bicyclic) bond motifs is 1. The van der Waals surface area contributed by atoms with Crippen LogP contribution in [0.5, 0.6) is 17.2 Å². The third-order valence-electron chi connectivity index (χ3n) is 5.31. The summed E-state index contributed by atoms with van der Waals surface area (Å²) in [7, 11) is 7.38. The van der Waals surface area contributed by atoms with E-state index in [1.165, 1.54) is 37.3 Å². The van der Waals surface area contributed by atoms with Crippen molar-refractivity contribution in [3.05, 3.63) is 17.2 Å². The molecule has 128 valence electrons. The fraction of sp³-hybridized carbons (Fsp3) is 0.647. The molecule has 1 aromatic carbocycles. The molecule has 0 radical (unpaired) electrons. The molecule has 0 bridgehead atoms. The highest BCUT2D eigenvalue weighted by Crippen LogP contribution is 2.44. The maximum atomic E-state index is 5.78. The Morgan fingerprint density at radius 2 is 1.70 bits per heavy atom. The molecule has 2 heterocycles. The van der Waals surface area contributed by atoms with Crippen LogP contribution in [-0.4, -0.2) is 61.1 Å². The quantitative estimate of drug-likeness (QED) is 0.563. The van der Waals surface area contributed by atoms with Gasteiger partial charge >= 0.3 is 0 Å². The maximum Gasteiger partial charge on any atom is 0.203 e. The molecule has 0 amide bonds. The third-order valence-corrected chi connectivity index (χ3v) is 5.31. The summed E-state index contributed by atoms with van der Waals surface area (Å²) in [5, 5.41) is 2.40. The molecule has 23 heavy (non-hydrogen) atoms. The van der Waals surface area contributed by atoms with Crippen LogP contribution in [0.3, 0.4) is 0 Å². The second-order valence-electron chi connectivity index (χ2n) is 6.61. The Labute approximate surface area is 138 Å². The molecule has 1 aromatic rings. The van der Waals surface area contributed by atoms with Crippen LogP contribution in [0.15, 0.2) is 6.07 Å². The number of hydrogen-bond donors (Lipinski definition) is 3. The summed E-state index contributed by atoms with van der Waals surface area (Å²) in [5.74, 6) is 2.34. The van der Waals surface area contributed by atoms with Gasteiger partial charge in [-0.3, -0.25) is 0 Å². The monoisotopic (exact) mass is 324 g/mol. The normalized spacial score (nSPS) is 27.2. The smallest absolute Gasteiger partial charge is 0.203 e. The van der Waals surface area contributed by atoms with E-state index >= 15 is 0 Å². The molecule has 4 N–H and O–H groups in total. The Morgan fingerprint density at radius 1 is 1.00 bits per heavy atom. The number of piperazine rings is 1. The van der Waals surface area contributed by atoms with Gasteiger partial charge in [0.2, 0.25) is 5.75 Å². The van der Waals surface area contributed by atoms with Crippen molar-refractivity contribution in [2.75, 3.05) is 61.1 Å². The minimum atomic E-state index is 0.460. The standard InChI is InChI=1S/C17H27N3O3/c1-19-5-7-20(8-6-19)13-11-18-10-12-9-14(21-2)16(22-3)17(23-4)15(12)13/h9,13,18H,5-8,10-11H2,1-4H3/p+3/t13-/m1/s1. The van der Waals surface area contributed by atoms with Crippen molar-refractivity contribution in [3.8, 4) is 17.2 Å². The summed E-state index contributed by atoms with van der Waals surface area (Å²) in [5.41, 5.74) is 2.64. The first-order valence-corrected chi connectivity index (χ1v) is 8.48. The number of nitrogens with two attached hydrogens (primary N) is 1. The van der Waals surface area contributed by atoms with Crippen molar-refractivity contribution in [2.45, 2.75) is 12.6 Å². The highest BCUT2D eigenvalue weighted by atomic mass is 16.5. The van der Waals surface area contributed by atoms with Crippen LogP contribution in [0.2, 0.25) is 0 Å². The number of nitrogens with one attached hydrogen (secondary N) is 2. The van der Waals surface area contributed by atoms with Crippen LogP contribution >= 0.6 is 0 Å². The van der Waals surface area contributed by atoms with Crippen LogP contribution in [-0.2, 0) is 6.54 Å². The van der Waals surface area contributed by atoms with Crippen molar-refractivity contribution < 1.29 is 29.3 Å². The molecule has 0 unspecified atom stereocenters. The molecule has 6 nitrogen and oxygen atoms in total. The molecule has 2 aliphatic rings. The van der Waals surface area contributed by atoms with Gasteiger partial charge in [-0.05, 0) is 6.07 Å². The van der Waals surface area contributed by atoms with Crippen molar-refractivity contribution in [3.63, 3.8) is 0 Å². The van der Waals surface area contributed by atoms with Gasteiger partial charge in [-0.15, -0.1) is 0 Å². The van der Waals surface area contributed by atoms with Gasteiger partial charge in [0.05, 0.1) is 33.9 Å². The molecule has 1 fully saturated rings. The van der Waals surface area contributed by atoms with E-state index in [1.807, 2.05) is 0 Å². The Hall–Kier alpha value is -1.50. The van der Waals surface area contributed by atoms with E-state index in [0.717, 1.165) is 30.3 Å². The van der Waals surface area contributed by atoms with E-state index in [2.05, 4.69) is 18.4 Å². The summed E-state index contributed by atoms with van der Waals surface area (Å²) in [6, 6.07) is 2.58. The Morgan fingerprint density at radius 3 is 2.30 bits per heavy atom. The number of benzene rings is 1. The number of rotatable bonds is 4. The Bertz CT molecular complexity index is 557. The number of likely N-dealkylation sites (N-methyl/N-ethyl adjacent to an activating group) is 1. The first-order chi connectivity index (χ1) is 11.2. The van der Waals surface area contributed by atoms with Gasteiger partial charge in [0.25, 0.3) is 0 Å². The molecule has 1 saturated heterocycles. The van der Waals surface area contributed by atoms with Crippen LogP contribution < -0.4 is 29.3 Å². The summed E-state index contributed by atoms with van der Waals surface area (Å²) >= 11 is 0. The lowest BCUT2D eigenvalue weighted by Crippen LogP contribution is -3.28. The van der Waals surface area contributed by atoms with Crippen LogP contribution in [0.25, 0.3) is 0 Å². The topological polar surface area (TPSA) is 53.2 Å². The third kappa shape index (κ3) is 2.98. The number of methoxy groups -OCH3 is 3. The molecule has 1 atom stereocenters. The van der Waals surface area contributed by atoms with Gasteiger partial charge in [-0.1, -0.05) is 0 Å². The first-order valence-electron chi connectivity index (χ1n) is 8.48. The fourth-order valence-corrected chi connectivity index (χ4v) is 4.02. The molecular weight excluding hydrogens is 294 g/mol. The Kier molecular flexibility index (Phi) is 4.94. The van der Waals surface area contributed by atoms with E-state index in [9.17, 15) is 0 Å². The van der Waals surface area contributed by atoms with Gasteiger partial charge in [0, 0.05) is 5.56 Å². The molecule has 6 heteroatoms. The zero-order valence-electron chi connectivity index (χ0n) is 14.7. The molecule has 0 saturated carbocycles. The largest absolute Gasteiger partial charge is 0.493 e. The summed E-state index contributed by atoms with van der Waals surface area (Å²) in [6.45, 7) is 6.96. The highest BCUT2D eigenvalue weighted by molar-refractivity contribution is 5.60. The minimum Gasteiger partial charge on any atom is -0.493 e. The SMILES string of the molecule is COc1cc2c(c(OC)c1OC)[C@H]([NH+]1CC[NH+](C)CC1)C[NH2+]C2. The van der Waals surface area contributed by atoms with E-state index in [1.54, 1.807) is 31.1 Å². The number of ether oxygens (including phenoxy) is 3. The molecule has 0 aliphatic carbocycles. The lowest BCUT2D eigenvalue weighted by molar-refractivity contribution is -1.03. The lowest BCUT2D eigenvalue weighted by atomic mass is 9.93. The average molecular weight is 324 g/mol. The fourth-order valence-electron chi connectivity index (χ4n) is 4.02. The van der Waals surface area contributed by atoms with Gasteiger partial charge < -0.3 is 29.3 Å². The molecule has 3 rings (SSSR count).